The number of hydrogen-bond donors (Lipinski definition) is 1. The van der Waals surface area contributed by atoms with Crippen LogP contribution >= 0.6 is 15.9 Å². The van der Waals surface area contributed by atoms with Crippen LogP contribution in [0, 0.1) is 6.92 Å². The highest BCUT2D eigenvalue weighted by Crippen LogP contribution is 2.37. The van der Waals surface area contributed by atoms with Crippen molar-refractivity contribution in [2.24, 2.45) is 0 Å². The molecule has 0 amide bonds. The molecule has 24 heavy (non-hydrogen) atoms. The van der Waals surface area contributed by atoms with Gasteiger partial charge in [-0.25, -0.2) is 4.79 Å². The van der Waals surface area contributed by atoms with Crippen LogP contribution in [0.3, 0.4) is 0 Å². The first-order chi connectivity index (χ1) is 11.6. The molecule has 0 bridgehead atoms. The van der Waals surface area contributed by atoms with Gasteiger partial charge in [0.2, 0.25) is 0 Å². The zero-order valence-corrected chi connectivity index (χ0v) is 15.4. The minimum Gasteiger partial charge on any atom is -0.496 e. The van der Waals surface area contributed by atoms with Gasteiger partial charge in [-0.05, 0) is 47.5 Å². The van der Waals surface area contributed by atoms with Crippen molar-refractivity contribution in [3.8, 4) is 17.0 Å². The fraction of sp³-hybridized carbons (Fsp3) is 0.211. The predicted molar refractivity (Wildman–Crippen MR) is 98.7 cm³/mol. The van der Waals surface area contributed by atoms with E-state index in [0.29, 0.717) is 17.9 Å². The summed E-state index contributed by atoms with van der Waals surface area (Å²) in [5.41, 5.74) is 4.21. The summed E-state index contributed by atoms with van der Waals surface area (Å²) >= 11 is 3.49. The molecule has 3 rings (SSSR count). The third-order valence-corrected chi connectivity index (χ3v) is 4.58. The molecular weight excluding hydrogens is 370 g/mol. The Morgan fingerprint density at radius 2 is 2.00 bits per heavy atom. The molecule has 0 atom stereocenters. The van der Waals surface area contributed by atoms with Gasteiger partial charge in [0.1, 0.15) is 5.75 Å². The lowest BCUT2D eigenvalue weighted by Crippen LogP contribution is -2.06. The summed E-state index contributed by atoms with van der Waals surface area (Å²) in [4.78, 5) is 16.0. The number of aromatic nitrogens is 1. The van der Waals surface area contributed by atoms with Gasteiger partial charge in [0, 0.05) is 16.5 Å². The summed E-state index contributed by atoms with van der Waals surface area (Å²) in [7, 11) is 1.60. The minimum atomic E-state index is -0.341. The summed E-state index contributed by atoms with van der Waals surface area (Å²) in [6.07, 6.45) is 0. The number of H-pyrrole nitrogens is 1. The van der Waals surface area contributed by atoms with E-state index in [2.05, 4.69) is 20.9 Å². The van der Waals surface area contributed by atoms with Crippen molar-refractivity contribution in [1.29, 1.82) is 0 Å². The van der Waals surface area contributed by atoms with Crippen LogP contribution in [0.5, 0.6) is 5.75 Å². The zero-order valence-electron chi connectivity index (χ0n) is 13.8. The van der Waals surface area contributed by atoms with E-state index in [0.717, 1.165) is 32.2 Å². The Morgan fingerprint density at radius 3 is 2.67 bits per heavy atom. The topological polar surface area (TPSA) is 51.3 Å². The fourth-order valence-electron chi connectivity index (χ4n) is 2.82. The monoisotopic (exact) mass is 387 g/mol. The Balaban J connectivity index is 2.34. The van der Waals surface area contributed by atoms with Gasteiger partial charge < -0.3 is 14.5 Å². The number of esters is 1. The van der Waals surface area contributed by atoms with Crippen molar-refractivity contribution in [2.75, 3.05) is 13.7 Å². The van der Waals surface area contributed by atoms with Crippen LogP contribution in [0.15, 0.2) is 40.9 Å². The Morgan fingerprint density at radius 1 is 1.25 bits per heavy atom. The lowest BCUT2D eigenvalue weighted by atomic mass is 10.0. The molecule has 5 heteroatoms. The van der Waals surface area contributed by atoms with Crippen LogP contribution in [0.2, 0.25) is 0 Å². The highest BCUT2D eigenvalue weighted by molar-refractivity contribution is 9.10. The molecule has 1 heterocycles. The number of carbonyl (C=O) groups excluding carboxylic acids is 1. The van der Waals surface area contributed by atoms with E-state index in [4.69, 9.17) is 9.47 Å². The van der Waals surface area contributed by atoms with Crippen molar-refractivity contribution < 1.29 is 14.3 Å². The van der Waals surface area contributed by atoms with Gasteiger partial charge in [0.15, 0.2) is 0 Å². The number of aromatic amines is 1. The van der Waals surface area contributed by atoms with E-state index in [-0.39, 0.29) is 5.97 Å². The highest BCUT2D eigenvalue weighted by atomic mass is 79.9. The molecule has 1 aromatic heterocycles. The Labute approximate surface area is 148 Å². The fourth-order valence-corrected chi connectivity index (χ4v) is 3.33. The smallest absolute Gasteiger partial charge is 0.340 e. The number of rotatable bonds is 4. The number of nitrogens with one attached hydrogen (secondary N) is 1. The summed E-state index contributed by atoms with van der Waals surface area (Å²) in [5.74, 6) is 0.328. The average molecular weight is 388 g/mol. The van der Waals surface area contributed by atoms with Crippen LogP contribution in [0.4, 0.5) is 0 Å². The second kappa shape index (κ2) is 6.69. The van der Waals surface area contributed by atoms with Gasteiger partial charge in [-0.3, -0.25) is 0 Å². The van der Waals surface area contributed by atoms with Gasteiger partial charge >= 0.3 is 5.97 Å². The van der Waals surface area contributed by atoms with Crippen LogP contribution in [-0.4, -0.2) is 24.7 Å². The normalized spacial score (nSPS) is 10.8. The summed E-state index contributed by atoms with van der Waals surface area (Å²) < 4.78 is 11.5. The molecule has 0 fully saturated rings. The molecule has 0 unspecified atom stereocenters. The van der Waals surface area contributed by atoms with Crippen LogP contribution in [0.1, 0.15) is 22.8 Å². The molecule has 1 N–H and O–H groups in total. The number of fused-ring (bicyclic) bond motifs is 1. The van der Waals surface area contributed by atoms with Crippen molar-refractivity contribution >= 4 is 32.8 Å². The maximum Gasteiger partial charge on any atom is 0.340 e. The Hall–Kier alpha value is -2.27. The van der Waals surface area contributed by atoms with E-state index in [1.165, 1.54) is 0 Å². The highest BCUT2D eigenvalue weighted by Gasteiger charge is 2.23. The molecule has 0 aliphatic carbocycles. The summed E-state index contributed by atoms with van der Waals surface area (Å²) in [6, 6.07) is 11.7. The molecule has 124 valence electrons. The van der Waals surface area contributed by atoms with E-state index in [9.17, 15) is 4.79 Å². The number of halogens is 1. The van der Waals surface area contributed by atoms with Gasteiger partial charge in [-0.1, -0.05) is 24.3 Å². The van der Waals surface area contributed by atoms with Gasteiger partial charge in [-0.15, -0.1) is 0 Å². The van der Waals surface area contributed by atoms with Crippen LogP contribution in [0.25, 0.3) is 22.2 Å². The van der Waals surface area contributed by atoms with Crippen LogP contribution < -0.4 is 4.74 Å². The molecule has 0 saturated carbocycles. The first-order valence-electron chi connectivity index (χ1n) is 7.69. The maximum atomic E-state index is 12.6. The molecule has 0 radical (unpaired) electrons. The standard InChI is InChI=1S/C19H18BrNO3/c1-4-24-19(22)17-13-9-16(23-3)14(20)10-15(13)21-18(17)12-8-6-5-7-11(12)2/h5-10,21H,4H2,1-3H3. The SMILES string of the molecule is CCOC(=O)c1c(-c2ccccc2C)[nH]c2cc(Br)c(OC)cc12. The quantitative estimate of drug-likeness (QED) is 0.634. The Kier molecular flexibility index (Phi) is 4.62. The average Bonchev–Trinajstić information content (AvgIpc) is 2.92. The first kappa shape index (κ1) is 16.6. The number of benzene rings is 2. The number of carbonyl (C=O) groups is 1. The number of aryl methyl sites for hydroxylation is 1. The molecular formula is C19H18BrNO3. The number of hydrogen-bond acceptors (Lipinski definition) is 3. The largest absolute Gasteiger partial charge is 0.496 e. The van der Waals surface area contributed by atoms with Gasteiger partial charge in [0.25, 0.3) is 0 Å². The minimum absolute atomic E-state index is 0.326. The third kappa shape index (κ3) is 2.80. The predicted octanol–water partition coefficient (Wildman–Crippen LogP) is 5.09. The van der Waals surface area contributed by atoms with E-state index in [1.807, 2.05) is 43.3 Å². The third-order valence-electron chi connectivity index (χ3n) is 3.96. The van der Waals surface area contributed by atoms with Gasteiger partial charge in [-0.2, -0.15) is 0 Å². The Bertz CT molecular complexity index is 914. The van der Waals surface area contributed by atoms with E-state index in [1.54, 1.807) is 14.0 Å². The molecule has 0 saturated heterocycles. The summed E-state index contributed by atoms with van der Waals surface area (Å²) in [5, 5.41) is 0.784. The first-order valence-corrected chi connectivity index (χ1v) is 8.48. The molecule has 3 aromatic rings. The van der Waals surface area contributed by atoms with Crippen LogP contribution in [-0.2, 0) is 4.74 Å². The second-order valence-corrected chi connectivity index (χ2v) is 6.30. The molecule has 0 spiro atoms. The van der Waals surface area contributed by atoms with E-state index >= 15 is 0 Å². The second-order valence-electron chi connectivity index (χ2n) is 5.44. The van der Waals surface area contributed by atoms with Gasteiger partial charge in [0.05, 0.1) is 29.4 Å². The number of ether oxygens (including phenoxy) is 2. The molecule has 0 aliphatic rings. The molecule has 4 nitrogen and oxygen atoms in total. The lowest BCUT2D eigenvalue weighted by Gasteiger charge is -2.08. The van der Waals surface area contributed by atoms with Crippen molar-refractivity contribution in [3.05, 3.63) is 52.0 Å². The summed E-state index contributed by atoms with van der Waals surface area (Å²) in [6.45, 7) is 4.15. The zero-order chi connectivity index (χ0) is 17.3. The maximum absolute atomic E-state index is 12.6. The van der Waals surface area contributed by atoms with Crippen molar-refractivity contribution in [1.82, 2.24) is 4.98 Å². The number of methoxy groups -OCH3 is 1. The molecule has 2 aromatic carbocycles. The molecule has 0 aliphatic heterocycles. The lowest BCUT2D eigenvalue weighted by molar-refractivity contribution is 0.0529. The van der Waals surface area contributed by atoms with Crippen molar-refractivity contribution in [3.63, 3.8) is 0 Å². The van der Waals surface area contributed by atoms with E-state index < -0.39 is 0 Å². The van der Waals surface area contributed by atoms with Crippen molar-refractivity contribution in [2.45, 2.75) is 13.8 Å².